The second-order valence-corrected chi connectivity index (χ2v) is 4.05. The van der Waals surface area contributed by atoms with Gasteiger partial charge in [0, 0.05) is 12.6 Å². The Morgan fingerprint density at radius 2 is 2.40 bits per heavy atom. The summed E-state index contributed by atoms with van der Waals surface area (Å²) in [5, 5.41) is 13.1. The molecule has 0 saturated heterocycles. The molecule has 2 nitrogen and oxygen atoms in total. The summed E-state index contributed by atoms with van der Waals surface area (Å²) in [6.07, 6.45) is 4.96. The fourth-order valence-electron chi connectivity index (χ4n) is 2.21. The molecule has 0 heterocycles. The highest BCUT2D eigenvalue weighted by Crippen LogP contribution is 2.28. The average Bonchev–Trinajstić information content (AvgIpc) is 2.26. The van der Waals surface area contributed by atoms with Crippen LogP contribution in [0.1, 0.15) is 17.5 Å². The first kappa shape index (κ1) is 10.2. The van der Waals surface area contributed by atoms with Crippen LogP contribution in [0, 0.1) is 0 Å². The van der Waals surface area contributed by atoms with Crippen molar-refractivity contribution in [3.63, 3.8) is 0 Å². The fraction of sp³-hybridized carbons (Fsp3) is 0.385. The van der Waals surface area contributed by atoms with Gasteiger partial charge >= 0.3 is 0 Å². The molecule has 2 N–H and O–H groups in total. The standard InChI is InChI=1S/C13H17NO/c1-2-8-14-11-6-7-12-10(9-11)4-3-5-13(12)15/h2-5,11,14-15H,1,6-9H2. The lowest BCUT2D eigenvalue weighted by atomic mass is 9.88. The summed E-state index contributed by atoms with van der Waals surface area (Å²) in [6, 6.07) is 6.33. The molecule has 80 valence electrons. The molecule has 1 aromatic rings. The maximum absolute atomic E-state index is 9.68. The zero-order chi connectivity index (χ0) is 10.7. The van der Waals surface area contributed by atoms with Crippen LogP contribution in [0.15, 0.2) is 30.9 Å². The summed E-state index contributed by atoms with van der Waals surface area (Å²) in [7, 11) is 0. The molecule has 1 aliphatic carbocycles. The largest absolute Gasteiger partial charge is 0.508 e. The number of hydrogen-bond acceptors (Lipinski definition) is 2. The van der Waals surface area contributed by atoms with Gasteiger partial charge in [-0.2, -0.15) is 0 Å². The molecule has 0 aliphatic heterocycles. The number of phenols is 1. The van der Waals surface area contributed by atoms with Crippen molar-refractivity contribution in [2.24, 2.45) is 0 Å². The van der Waals surface area contributed by atoms with Crippen LogP contribution in [-0.2, 0) is 12.8 Å². The zero-order valence-corrected chi connectivity index (χ0v) is 8.87. The van der Waals surface area contributed by atoms with Crippen LogP contribution in [0.25, 0.3) is 0 Å². The Balaban J connectivity index is 2.10. The summed E-state index contributed by atoms with van der Waals surface area (Å²) >= 11 is 0. The summed E-state index contributed by atoms with van der Waals surface area (Å²) in [4.78, 5) is 0. The van der Waals surface area contributed by atoms with Gasteiger partial charge in [0.2, 0.25) is 0 Å². The summed E-state index contributed by atoms with van der Waals surface area (Å²) in [6.45, 7) is 4.56. The van der Waals surface area contributed by atoms with Crippen LogP contribution in [0.2, 0.25) is 0 Å². The Morgan fingerprint density at radius 1 is 1.53 bits per heavy atom. The number of aromatic hydroxyl groups is 1. The van der Waals surface area contributed by atoms with Gasteiger partial charge in [-0.25, -0.2) is 0 Å². The molecule has 0 amide bonds. The van der Waals surface area contributed by atoms with Gasteiger partial charge in [-0.1, -0.05) is 18.2 Å². The molecule has 0 aromatic heterocycles. The first-order valence-corrected chi connectivity index (χ1v) is 5.45. The lowest BCUT2D eigenvalue weighted by molar-refractivity contribution is 0.440. The van der Waals surface area contributed by atoms with Crippen molar-refractivity contribution in [1.29, 1.82) is 0 Å². The first-order valence-electron chi connectivity index (χ1n) is 5.45. The molecule has 0 saturated carbocycles. The predicted molar refractivity (Wildman–Crippen MR) is 62.1 cm³/mol. The maximum atomic E-state index is 9.68. The molecule has 0 bridgehead atoms. The van der Waals surface area contributed by atoms with E-state index in [0.717, 1.165) is 31.4 Å². The molecule has 15 heavy (non-hydrogen) atoms. The van der Waals surface area contributed by atoms with E-state index in [1.165, 1.54) is 5.56 Å². The molecule has 2 heteroatoms. The number of rotatable bonds is 3. The number of nitrogens with one attached hydrogen (secondary N) is 1. The first-order chi connectivity index (χ1) is 7.31. The second kappa shape index (κ2) is 4.49. The van der Waals surface area contributed by atoms with Crippen LogP contribution >= 0.6 is 0 Å². The minimum absolute atomic E-state index is 0.453. The monoisotopic (exact) mass is 203 g/mol. The zero-order valence-electron chi connectivity index (χ0n) is 8.87. The van der Waals surface area contributed by atoms with Crippen LogP contribution < -0.4 is 5.32 Å². The fourth-order valence-corrected chi connectivity index (χ4v) is 2.21. The van der Waals surface area contributed by atoms with Crippen molar-refractivity contribution in [3.8, 4) is 5.75 Å². The van der Waals surface area contributed by atoms with Gasteiger partial charge in [-0.05, 0) is 36.5 Å². The smallest absolute Gasteiger partial charge is 0.119 e. The van der Waals surface area contributed by atoms with Crippen molar-refractivity contribution >= 4 is 0 Å². The lowest BCUT2D eigenvalue weighted by Crippen LogP contribution is -2.34. The third kappa shape index (κ3) is 2.21. The van der Waals surface area contributed by atoms with E-state index in [2.05, 4.69) is 18.0 Å². The van der Waals surface area contributed by atoms with Crippen LogP contribution in [0.3, 0.4) is 0 Å². The number of hydrogen-bond donors (Lipinski definition) is 2. The van der Waals surface area contributed by atoms with Crippen molar-refractivity contribution in [2.45, 2.75) is 25.3 Å². The Hall–Kier alpha value is -1.28. The number of fused-ring (bicyclic) bond motifs is 1. The molecule has 0 spiro atoms. The molecule has 1 unspecified atom stereocenters. The predicted octanol–water partition coefficient (Wildman–Crippen LogP) is 2.03. The molecule has 0 radical (unpaired) electrons. The third-order valence-corrected chi connectivity index (χ3v) is 3.01. The van der Waals surface area contributed by atoms with Gasteiger partial charge < -0.3 is 10.4 Å². The topological polar surface area (TPSA) is 32.3 Å². The van der Waals surface area contributed by atoms with E-state index in [1.54, 1.807) is 6.07 Å². The molecule has 0 fully saturated rings. The molecule has 1 aliphatic rings. The third-order valence-electron chi connectivity index (χ3n) is 3.01. The normalized spacial score (nSPS) is 19.6. The average molecular weight is 203 g/mol. The Morgan fingerprint density at radius 3 is 3.20 bits per heavy atom. The van der Waals surface area contributed by atoms with Crippen molar-refractivity contribution in [2.75, 3.05) is 6.54 Å². The quantitative estimate of drug-likeness (QED) is 0.737. The van der Waals surface area contributed by atoms with Crippen LogP contribution in [0.5, 0.6) is 5.75 Å². The van der Waals surface area contributed by atoms with E-state index in [9.17, 15) is 5.11 Å². The van der Waals surface area contributed by atoms with Gasteiger partial charge in [0.25, 0.3) is 0 Å². The van der Waals surface area contributed by atoms with E-state index in [-0.39, 0.29) is 0 Å². The van der Waals surface area contributed by atoms with Crippen molar-refractivity contribution in [1.82, 2.24) is 5.32 Å². The van der Waals surface area contributed by atoms with Gasteiger partial charge in [-0.15, -0.1) is 6.58 Å². The second-order valence-electron chi connectivity index (χ2n) is 4.05. The minimum atomic E-state index is 0.453. The van der Waals surface area contributed by atoms with Crippen LogP contribution in [-0.4, -0.2) is 17.7 Å². The summed E-state index contributed by atoms with van der Waals surface area (Å²) in [5.41, 5.74) is 2.41. The molecule has 2 rings (SSSR count). The van der Waals surface area contributed by atoms with E-state index in [4.69, 9.17) is 0 Å². The van der Waals surface area contributed by atoms with E-state index in [0.29, 0.717) is 11.8 Å². The van der Waals surface area contributed by atoms with Crippen LogP contribution in [0.4, 0.5) is 0 Å². The van der Waals surface area contributed by atoms with Gasteiger partial charge in [0.1, 0.15) is 5.75 Å². The summed E-state index contributed by atoms with van der Waals surface area (Å²) < 4.78 is 0. The minimum Gasteiger partial charge on any atom is -0.508 e. The highest BCUT2D eigenvalue weighted by atomic mass is 16.3. The highest BCUT2D eigenvalue weighted by Gasteiger charge is 2.19. The van der Waals surface area contributed by atoms with Gasteiger partial charge in [-0.3, -0.25) is 0 Å². The molecule has 1 aromatic carbocycles. The van der Waals surface area contributed by atoms with Crippen molar-refractivity contribution in [3.05, 3.63) is 42.0 Å². The Bertz CT molecular complexity index is 360. The molecular formula is C13H17NO. The van der Waals surface area contributed by atoms with E-state index < -0.39 is 0 Å². The number of phenolic OH excluding ortho intramolecular Hbond substituents is 1. The van der Waals surface area contributed by atoms with Gasteiger partial charge in [0.15, 0.2) is 0 Å². The van der Waals surface area contributed by atoms with E-state index in [1.807, 2.05) is 12.1 Å². The number of benzene rings is 1. The Labute approximate surface area is 90.6 Å². The molecule has 1 atom stereocenters. The maximum Gasteiger partial charge on any atom is 0.119 e. The lowest BCUT2D eigenvalue weighted by Gasteiger charge is -2.25. The van der Waals surface area contributed by atoms with E-state index >= 15 is 0 Å². The van der Waals surface area contributed by atoms with Crippen molar-refractivity contribution < 1.29 is 5.11 Å². The Kier molecular flexibility index (Phi) is 3.07. The summed E-state index contributed by atoms with van der Waals surface area (Å²) in [5.74, 6) is 0.453. The highest BCUT2D eigenvalue weighted by molar-refractivity contribution is 5.41. The molecular weight excluding hydrogens is 186 g/mol. The SMILES string of the molecule is C=CCNC1CCc2c(O)cccc2C1. The van der Waals surface area contributed by atoms with Gasteiger partial charge in [0.05, 0.1) is 0 Å².